The van der Waals surface area contributed by atoms with Crippen LogP contribution >= 0.6 is 0 Å². The molecule has 1 aliphatic heterocycles. The highest BCUT2D eigenvalue weighted by Gasteiger charge is 2.39. The van der Waals surface area contributed by atoms with Gasteiger partial charge in [0.1, 0.15) is 18.2 Å². The lowest BCUT2D eigenvalue weighted by molar-refractivity contribution is -0.142. The highest BCUT2D eigenvalue weighted by Crippen LogP contribution is 2.44. The molecule has 0 aliphatic carbocycles. The number of hydrogen-bond donors (Lipinski definition) is 3. The molecule has 37 heavy (non-hydrogen) atoms. The summed E-state index contributed by atoms with van der Waals surface area (Å²) in [4.78, 5) is 17.3. The van der Waals surface area contributed by atoms with Gasteiger partial charge in [-0.15, -0.1) is 0 Å². The molecule has 1 aromatic heterocycles. The van der Waals surface area contributed by atoms with Gasteiger partial charge in [-0.2, -0.15) is 0 Å². The number of para-hydroxylation sites is 1. The van der Waals surface area contributed by atoms with Crippen molar-refractivity contribution in [1.29, 1.82) is 0 Å². The third kappa shape index (κ3) is 5.78. The van der Waals surface area contributed by atoms with Crippen molar-refractivity contribution in [2.75, 3.05) is 26.2 Å². The minimum atomic E-state index is -2.35. The number of carboxylic acids is 1. The van der Waals surface area contributed by atoms with Crippen molar-refractivity contribution in [3.8, 4) is 5.75 Å². The van der Waals surface area contributed by atoms with Gasteiger partial charge in [0.15, 0.2) is 0 Å². The van der Waals surface area contributed by atoms with E-state index in [4.69, 9.17) is 4.74 Å². The number of aliphatic carboxylic acids is 1. The number of carboxylic acid groups (broad SMARTS) is 1. The summed E-state index contributed by atoms with van der Waals surface area (Å²) >= 11 is 0. The van der Waals surface area contributed by atoms with Crippen molar-refractivity contribution in [1.82, 2.24) is 15.2 Å². The van der Waals surface area contributed by atoms with Gasteiger partial charge in [-0.1, -0.05) is 25.1 Å². The molecule has 200 valence electrons. The number of nitrogens with zero attached hydrogens (tertiary/aromatic N) is 1. The molecule has 2 heterocycles. The van der Waals surface area contributed by atoms with E-state index >= 15 is 4.39 Å². The van der Waals surface area contributed by atoms with Crippen LogP contribution in [0.15, 0.2) is 36.4 Å². The molecule has 0 amide bonds. The van der Waals surface area contributed by atoms with Gasteiger partial charge in [-0.05, 0) is 49.6 Å². The number of aromatic amines is 1. The Hall–Kier alpha value is -3.04. The van der Waals surface area contributed by atoms with E-state index in [0.717, 1.165) is 22.2 Å². The van der Waals surface area contributed by atoms with Crippen LogP contribution in [0, 0.1) is 18.7 Å². The van der Waals surface area contributed by atoms with Crippen LogP contribution in [-0.2, 0) is 11.2 Å². The number of hydrogen-bond acceptors (Lipinski definition) is 4. The summed E-state index contributed by atoms with van der Waals surface area (Å²) < 4.78 is 46.2. The van der Waals surface area contributed by atoms with Gasteiger partial charge in [-0.3, -0.25) is 9.69 Å². The van der Waals surface area contributed by atoms with E-state index in [2.05, 4.69) is 15.2 Å². The number of nitrogens with one attached hydrogen (secondary N) is 2. The fourth-order valence-corrected chi connectivity index (χ4v) is 5.23. The Balaban J connectivity index is 1.71. The number of fused-ring (bicyclic) bond motifs is 3. The van der Waals surface area contributed by atoms with E-state index in [0.29, 0.717) is 29.8 Å². The average Bonchev–Trinajstić information content (AvgIpc) is 3.21. The van der Waals surface area contributed by atoms with E-state index in [1.807, 2.05) is 31.2 Å². The molecule has 2 aromatic carbocycles. The molecule has 3 aromatic rings. The number of rotatable bonds is 11. The molecule has 0 spiro atoms. The first-order valence-corrected chi connectivity index (χ1v) is 12.7. The summed E-state index contributed by atoms with van der Waals surface area (Å²) in [7, 11) is 0. The molecule has 0 saturated carbocycles. The van der Waals surface area contributed by atoms with Crippen LogP contribution in [0.1, 0.15) is 48.7 Å². The number of aromatic nitrogens is 1. The monoisotopic (exact) mass is 517 g/mol. The normalized spacial score (nSPS) is 18.8. The number of alkyl halides is 2. The van der Waals surface area contributed by atoms with E-state index < -0.39 is 30.2 Å². The molecule has 4 rings (SSSR count). The molecule has 9 heteroatoms. The maximum absolute atomic E-state index is 15.6. The fraction of sp³-hybridized carbons (Fsp3) is 0.464. The topological polar surface area (TPSA) is 77.6 Å². The van der Waals surface area contributed by atoms with Gasteiger partial charge in [0.05, 0.1) is 12.0 Å². The second-order valence-electron chi connectivity index (χ2n) is 9.82. The summed E-state index contributed by atoms with van der Waals surface area (Å²) in [5.41, 5.74) is 4.01. The van der Waals surface area contributed by atoms with E-state index in [1.54, 1.807) is 19.9 Å². The number of ether oxygens (including phenoxy) is 1. The van der Waals surface area contributed by atoms with Gasteiger partial charge in [0, 0.05) is 54.3 Å². The first-order chi connectivity index (χ1) is 17.7. The predicted octanol–water partition coefficient (Wildman–Crippen LogP) is 5.30. The van der Waals surface area contributed by atoms with Crippen LogP contribution in [0.25, 0.3) is 10.9 Å². The summed E-state index contributed by atoms with van der Waals surface area (Å²) in [6, 6.07) is 10.4. The largest absolute Gasteiger partial charge is 0.492 e. The van der Waals surface area contributed by atoms with Crippen LogP contribution < -0.4 is 10.1 Å². The summed E-state index contributed by atoms with van der Waals surface area (Å²) in [6.07, 6.45) is -1.87. The highest BCUT2D eigenvalue weighted by molar-refractivity contribution is 5.85. The molecule has 0 saturated heterocycles. The molecular weight excluding hydrogens is 483 g/mol. The van der Waals surface area contributed by atoms with Gasteiger partial charge in [0.25, 0.3) is 0 Å². The van der Waals surface area contributed by atoms with Crippen molar-refractivity contribution in [3.05, 3.63) is 64.6 Å². The summed E-state index contributed by atoms with van der Waals surface area (Å²) in [5, 5.41) is 13.6. The first-order valence-electron chi connectivity index (χ1n) is 12.7. The number of H-pyrrole nitrogens is 1. The lowest BCUT2D eigenvalue weighted by Crippen LogP contribution is -2.46. The van der Waals surface area contributed by atoms with Crippen molar-refractivity contribution in [3.63, 3.8) is 0 Å². The van der Waals surface area contributed by atoms with Crippen LogP contribution in [0.2, 0.25) is 0 Å². The van der Waals surface area contributed by atoms with Crippen molar-refractivity contribution in [2.24, 2.45) is 5.92 Å². The smallest absolute Gasteiger partial charge is 0.307 e. The Morgan fingerprint density at radius 3 is 2.73 bits per heavy atom. The quantitative estimate of drug-likeness (QED) is 0.301. The number of carbonyl (C=O) groups is 1. The van der Waals surface area contributed by atoms with E-state index in [9.17, 15) is 18.7 Å². The zero-order chi connectivity index (χ0) is 26.7. The highest BCUT2D eigenvalue weighted by atomic mass is 19.3. The van der Waals surface area contributed by atoms with Gasteiger partial charge in [-0.25, -0.2) is 13.2 Å². The third-order valence-corrected chi connectivity index (χ3v) is 7.18. The lowest BCUT2D eigenvalue weighted by Gasteiger charge is -2.42. The zero-order valence-electron chi connectivity index (χ0n) is 21.4. The maximum atomic E-state index is 15.6. The van der Waals surface area contributed by atoms with Crippen molar-refractivity contribution < 1.29 is 27.8 Å². The zero-order valence-corrected chi connectivity index (χ0v) is 21.4. The third-order valence-electron chi connectivity index (χ3n) is 7.18. The number of halogens is 3. The van der Waals surface area contributed by atoms with Crippen LogP contribution in [0.3, 0.4) is 0 Å². The molecular formula is C28H34F3N3O3. The molecule has 0 bridgehead atoms. The van der Waals surface area contributed by atoms with E-state index in [1.165, 1.54) is 6.07 Å². The molecule has 3 atom stereocenters. The molecule has 3 N–H and O–H groups in total. The fourth-order valence-electron chi connectivity index (χ4n) is 5.23. The minimum Gasteiger partial charge on any atom is -0.492 e. The van der Waals surface area contributed by atoms with Crippen LogP contribution in [-0.4, -0.2) is 59.7 Å². The molecule has 0 fully saturated rings. The average molecular weight is 518 g/mol. The standard InChI is InChI=1S/C28H34F3N3O3/c1-16(28(35)36)15-34-17(2)14-20-19-6-4-5-7-22(19)33-26(20)27(34)25-18(3)23(9-8-21(25)29)37-13-12-32-11-10-24(30)31/h4-9,16-17,24,27,32-33H,10-15H2,1-3H3,(H,35,36)/t16-,17-,27?/m1/s1. The summed E-state index contributed by atoms with van der Waals surface area (Å²) in [5.74, 6) is -1.43. The van der Waals surface area contributed by atoms with Crippen molar-refractivity contribution in [2.45, 2.75) is 52.1 Å². The molecule has 1 unspecified atom stereocenters. The van der Waals surface area contributed by atoms with Gasteiger partial charge < -0.3 is 20.1 Å². The van der Waals surface area contributed by atoms with Crippen LogP contribution in [0.5, 0.6) is 5.75 Å². The maximum Gasteiger partial charge on any atom is 0.307 e. The molecule has 1 aliphatic rings. The van der Waals surface area contributed by atoms with Crippen LogP contribution in [0.4, 0.5) is 13.2 Å². The summed E-state index contributed by atoms with van der Waals surface area (Å²) in [6.45, 7) is 6.59. The Kier molecular flexibility index (Phi) is 8.44. The SMILES string of the molecule is Cc1c(OCCNCCC(F)F)ccc(F)c1C1c2[nH]c3ccccc3c2C[C@@H](C)N1C[C@@H](C)C(=O)O. The molecule has 0 radical (unpaired) electrons. The lowest BCUT2D eigenvalue weighted by atomic mass is 9.86. The van der Waals surface area contributed by atoms with Gasteiger partial charge >= 0.3 is 5.97 Å². The first kappa shape index (κ1) is 27.0. The predicted molar refractivity (Wildman–Crippen MR) is 137 cm³/mol. The minimum absolute atomic E-state index is 0.0269. The number of benzene rings is 2. The Bertz CT molecular complexity index is 1250. The Morgan fingerprint density at radius 2 is 2.00 bits per heavy atom. The van der Waals surface area contributed by atoms with Gasteiger partial charge in [0.2, 0.25) is 6.43 Å². The van der Waals surface area contributed by atoms with Crippen molar-refractivity contribution >= 4 is 16.9 Å². The molecule has 6 nitrogen and oxygen atoms in total. The Morgan fingerprint density at radius 1 is 1.24 bits per heavy atom. The second-order valence-corrected chi connectivity index (χ2v) is 9.82. The second kappa shape index (κ2) is 11.6. The Labute approximate surface area is 214 Å². The van der Waals surface area contributed by atoms with E-state index in [-0.39, 0.29) is 32.2 Å².